The van der Waals surface area contributed by atoms with Gasteiger partial charge >= 0.3 is 6.18 Å². The molecular weight excluding hydrogens is 315 g/mol. The van der Waals surface area contributed by atoms with Crippen LogP contribution in [0.15, 0.2) is 60.8 Å². The molecule has 3 aromatic rings. The molecule has 2 aromatic carbocycles. The van der Waals surface area contributed by atoms with E-state index in [1.54, 1.807) is 6.07 Å². The summed E-state index contributed by atoms with van der Waals surface area (Å²) in [4.78, 5) is 0. The number of aromatic nitrogens is 1. The molecule has 0 bridgehead atoms. The second-order valence-electron chi connectivity index (χ2n) is 5.74. The first-order chi connectivity index (χ1) is 11.4. The van der Waals surface area contributed by atoms with E-state index in [-0.39, 0.29) is 6.04 Å². The molecule has 0 fully saturated rings. The van der Waals surface area contributed by atoms with Crippen LogP contribution >= 0.6 is 0 Å². The lowest BCUT2D eigenvalue weighted by Crippen LogP contribution is -2.23. The van der Waals surface area contributed by atoms with Crippen LogP contribution < -0.4 is 11.1 Å². The van der Waals surface area contributed by atoms with Gasteiger partial charge in [0.2, 0.25) is 0 Å². The average Bonchev–Trinajstić information content (AvgIpc) is 3.03. The highest BCUT2D eigenvalue weighted by Crippen LogP contribution is 2.41. The van der Waals surface area contributed by atoms with Crippen LogP contribution in [0.3, 0.4) is 0 Å². The Morgan fingerprint density at radius 2 is 1.79 bits per heavy atom. The van der Waals surface area contributed by atoms with E-state index in [1.807, 2.05) is 41.1 Å². The van der Waals surface area contributed by atoms with E-state index in [0.29, 0.717) is 17.1 Å². The predicted octanol–water partition coefficient (Wildman–Crippen LogP) is 4.59. The highest BCUT2D eigenvalue weighted by Gasteiger charge is 2.33. The van der Waals surface area contributed by atoms with Crippen molar-refractivity contribution in [2.75, 3.05) is 11.1 Å². The molecule has 0 radical (unpaired) electrons. The average molecular weight is 329 g/mol. The summed E-state index contributed by atoms with van der Waals surface area (Å²) in [5, 5.41) is 3.21. The number of hydrogen-bond donors (Lipinski definition) is 2. The third kappa shape index (κ3) is 2.22. The lowest BCUT2D eigenvalue weighted by Gasteiger charge is -2.31. The van der Waals surface area contributed by atoms with Crippen LogP contribution in [0.5, 0.6) is 0 Å². The fraction of sp³-hybridized carbons (Fsp3) is 0.111. The second-order valence-corrected chi connectivity index (χ2v) is 5.74. The predicted molar refractivity (Wildman–Crippen MR) is 87.1 cm³/mol. The maximum Gasteiger partial charge on any atom is 0.416 e. The minimum absolute atomic E-state index is 0.308. The molecule has 0 saturated heterocycles. The molecule has 1 aromatic heterocycles. The van der Waals surface area contributed by atoms with Crippen LogP contribution in [-0.4, -0.2) is 4.57 Å². The number of halogens is 3. The normalized spacial score (nSPS) is 16.2. The van der Waals surface area contributed by atoms with Crippen LogP contribution in [0, 0.1) is 0 Å². The van der Waals surface area contributed by atoms with Crippen molar-refractivity contribution < 1.29 is 13.2 Å². The van der Waals surface area contributed by atoms with Gasteiger partial charge in [0.05, 0.1) is 23.0 Å². The number of nitrogens with zero attached hydrogens (tertiary/aromatic N) is 1. The molecule has 1 aliphatic heterocycles. The minimum Gasteiger partial charge on any atom is -0.398 e. The SMILES string of the molecule is Nc1ccccc1C1Nc2cc(C(F)(F)F)ccc2-n2cccc21. The quantitative estimate of drug-likeness (QED) is 0.641. The number of nitrogens with two attached hydrogens (primary N) is 1. The number of para-hydroxylation sites is 1. The third-order valence-electron chi connectivity index (χ3n) is 4.27. The van der Waals surface area contributed by atoms with Crippen LogP contribution in [0.4, 0.5) is 24.5 Å². The van der Waals surface area contributed by atoms with Crippen molar-refractivity contribution in [1.82, 2.24) is 4.57 Å². The van der Waals surface area contributed by atoms with Crippen molar-refractivity contribution >= 4 is 11.4 Å². The molecule has 0 saturated carbocycles. The van der Waals surface area contributed by atoms with Gasteiger partial charge in [-0.2, -0.15) is 13.2 Å². The highest BCUT2D eigenvalue weighted by molar-refractivity contribution is 5.69. The van der Waals surface area contributed by atoms with E-state index in [4.69, 9.17) is 5.73 Å². The number of alkyl halides is 3. The summed E-state index contributed by atoms with van der Waals surface area (Å²) < 4.78 is 41.0. The van der Waals surface area contributed by atoms with Gasteiger partial charge in [0.15, 0.2) is 0 Å². The van der Waals surface area contributed by atoms with E-state index in [0.717, 1.165) is 23.4 Å². The Morgan fingerprint density at radius 1 is 1.00 bits per heavy atom. The van der Waals surface area contributed by atoms with Gasteiger partial charge in [-0.15, -0.1) is 0 Å². The van der Waals surface area contributed by atoms with Crippen LogP contribution in [0.1, 0.15) is 22.9 Å². The maximum absolute atomic E-state index is 13.0. The molecule has 0 aliphatic carbocycles. The molecule has 1 atom stereocenters. The van der Waals surface area contributed by atoms with Gasteiger partial charge in [-0.3, -0.25) is 0 Å². The third-order valence-corrected chi connectivity index (χ3v) is 4.27. The van der Waals surface area contributed by atoms with Crippen LogP contribution in [0.25, 0.3) is 5.69 Å². The Labute approximate surface area is 136 Å². The Hall–Kier alpha value is -2.89. The summed E-state index contributed by atoms with van der Waals surface area (Å²) in [6.45, 7) is 0. The summed E-state index contributed by atoms with van der Waals surface area (Å²) in [7, 11) is 0. The fourth-order valence-electron chi connectivity index (χ4n) is 3.13. The van der Waals surface area contributed by atoms with E-state index in [9.17, 15) is 13.2 Å². The zero-order valence-corrected chi connectivity index (χ0v) is 12.5. The zero-order valence-electron chi connectivity index (χ0n) is 12.5. The summed E-state index contributed by atoms with van der Waals surface area (Å²) in [6.07, 6.45) is -2.54. The molecule has 1 aliphatic rings. The summed E-state index contributed by atoms with van der Waals surface area (Å²) in [6, 6.07) is 14.6. The first-order valence-electron chi connectivity index (χ1n) is 7.45. The van der Waals surface area contributed by atoms with Gasteiger partial charge < -0.3 is 15.6 Å². The monoisotopic (exact) mass is 329 g/mol. The molecule has 6 heteroatoms. The van der Waals surface area contributed by atoms with Gasteiger partial charge in [0, 0.05) is 23.1 Å². The van der Waals surface area contributed by atoms with Crippen molar-refractivity contribution in [1.29, 1.82) is 0 Å². The van der Waals surface area contributed by atoms with Crippen molar-refractivity contribution in [3.63, 3.8) is 0 Å². The standard InChI is InChI=1S/C18H14F3N3/c19-18(20,21)11-7-8-15-14(10-11)23-17(16-6-3-9-24(15)16)12-4-1-2-5-13(12)22/h1-10,17,23H,22H2. The molecule has 4 rings (SSSR count). The topological polar surface area (TPSA) is 43.0 Å². The van der Waals surface area contributed by atoms with Gasteiger partial charge in [-0.25, -0.2) is 0 Å². The van der Waals surface area contributed by atoms with Crippen molar-refractivity contribution in [2.45, 2.75) is 12.2 Å². The Morgan fingerprint density at radius 3 is 2.54 bits per heavy atom. The Kier molecular flexibility index (Phi) is 3.09. The van der Waals surface area contributed by atoms with Gasteiger partial charge in [-0.1, -0.05) is 18.2 Å². The summed E-state index contributed by atoms with van der Waals surface area (Å²) in [5.41, 5.74) is 8.87. The van der Waals surface area contributed by atoms with E-state index < -0.39 is 11.7 Å². The molecule has 3 N–H and O–H groups in total. The molecule has 2 heterocycles. The Bertz CT molecular complexity index is 912. The number of benzene rings is 2. The molecule has 24 heavy (non-hydrogen) atoms. The van der Waals surface area contributed by atoms with Gasteiger partial charge in [0.25, 0.3) is 0 Å². The van der Waals surface area contributed by atoms with Crippen LogP contribution in [0.2, 0.25) is 0 Å². The number of nitrogens with one attached hydrogen (secondary N) is 1. The summed E-state index contributed by atoms with van der Waals surface area (Å²) in [5.74, 6) is 0. The number of rotatable bonds is 1. The molecule has 3 nitrogen and oxygen atoms in total. The lowest BCUT2D eigenvalue weighted by atomic mass is 9.98. The van der Waals surface area contributed by atoms with Crippen molar-refractivity contribution in [3.05, 3.63) is 77.6 Å². The molecule has 0 spiro atoms. The zero-order chi connectivity index (χ0) is 16.9. The number of nitrogen functional groups attached to an aromatic ring is 1. The molecule has 122 valence electrons. The minimum atomic E-state index is -4.38. The van der Waals surface area contributed by atoms with Crippen LogP contribution in [-0.2, 0) is 6.18 Å². The largest absolute Gasteiger partial charge is 0.416 e. The number of hydrogen-bond acceptors (Lipinski definition) is 2. The van der Waals surface area contributed by atoms with Gasteiger partial charge in [0.1, 0.15) is 0 Å². The van der Waals surface area contributed by atoms with Gasteiger partial charge in [-0.05, 0) is 36.4 Å². The van der Waals surface area contributed by atoms with E-state index in [1.165, 1.54) is 6.07 Å². The summed E-state index contributed by atoms with van der Waals surface area (Å²) >= 11 is 0. The number of anilines is 2. The van der Waals surface area contributed by atoms with Crippen molar-refractivity contribution in [2.24, 2.45) is 0 Å². The fourth-order valence-corrected chi connectivity index (χ4v) is 3.13. The maximum atomic E-state index is 13.0. The van der Waals surface area contributed by atoms with Crippen molar-refractivity contribution in [3.8, 4) is 5.69 Å². The van der Waals surface area contributed by atoms with E-state index in [2.05, 4.69) is 5.32 Å². The first kappa shape index (κ1) is 14.7. The highest BCUT2D eigenvalue weighted by atomic mass is 19.4. The molecule has 1 unspecified atom stereocenters. The number of fused-ring (bicyclic) bond motifs is 3. The second kappa shape index (κ2) is 5.06. The Balaban J connectivity index is 1.88. The first-order valence-corrected chi connectivity index (χ1v) is 7.45. The lowest BCUT2D eigenvalue weighted by molar-refractivity contribution is -0.137. The smallest absolute Gasteiger partial charge is 0.398 e. The van der Waals surface area contributed by atoms with E-state index >= 15 is 0 Å². The molecular formula is C18H14F3N3. The molecule has 0 amide bonds.